The molecule has 0 aliphatic carbocycles. The topological polar surface area (TPSA) is 22.1 Å². The minimum absolute atomic E-state index is 0.296. The summed E-state index contributed by atoms with van der Waals surface area (Å²) in [6, 6.07) is 4.12. The van der Waals surface area contributed by atoms with Gasteiger partial charge in [0.2, 0.25) is 0 Å². The van der Waals surface area contributed by atoms with Crippen LogP contribution in [0.15, 0.2) is 24.4 Å². The molecule has 1 aromatic carbocycles. The fourth-order valence-corrected chi connectivity index (χ4v) is 2.05. The van der Waals surface area contributed by atoms with Crippen LogP contribution in [0.3, 0.4) is 0 Å². The van der Waals surface area contributed by atoms with Gasteiger partial charge in [-0.05, 0) is 37.1 Å². The fourth-order valence-electron chi connectivity index (χ4n) is 2.05. The van der Waals surface area contributed by atoms with Gasteiger partial charge in [0, 0.05) is 11.6 Å². The Morgan fingerprint density at radius 2 is 1.61 bits per heavy atom. The van der Waals surface area contributed by atoms with E-state index in [-0.39, 0.29) is 5.82 Å². The first-order chi connectivity index (χ1) is 8.52. The van der Waals surface area contributed by atoms with E-state index in [4.69, 9.17) is 4.74 Å². The molecule has 4 heteroatoms. The fraction of sp³-hybridized carbons (Fsp3) is 0.214. The highest BCUT2D eigenvalue weighted by atomic mass is 19.1. The molecule has 0 aliphatic heterocycles. The van der Waals surface area contributed by atoms with Crippen molar-refractivity contribution in [3.05, 3.63) is 47.2 Å². The van der Waals surface area contributed by atoms with Crippen LogP contribution >= 0.6 is 0 Å². The molecule has 0 radical (unpaired) electrons. The van der Waals surface area contributed by atoms with Gasteiger partial charge in [0.05, 0.1) is 13.3 Å². The number of hydrogen-bond acceptors (Lipinski definition) is 2. The molecular formula is C14H13F2NO. The molecule has 0 N–H and O–H groups in total. The van der Waals surface area contributed by atoms with E-state index in [0.29, 0.717) is 11.4 Å². The number of nitrogens with zero attached hydrogens (tertiary/aromatic N) is 1. The highest BCUT2D eigenvalue weighted by molar-refractivity contribution is 5.72. The van der Waals surface area contributed by atoms with Crippen molar-refractivity contribution < 1.29 is 13.5 Å². The Hall–Kier alpha value is -1.97. The van der Waals surface area contributed by atoms with Crippen LogP contribution in [0.5, 0.6) is 5.75 Å². The predicted octanol–water partition coefficient (Wildman–Crippen LogP) is 3.65. The largest absolute Gasteiger partial charge is 0.494 e. The smallest absolute Gasteiger partial charge is 0.148 e. The molecule has 0 saturated heterocycles. The number of ether oxygens (including phenoxy) is 1. The lowest BCUT2D eigenvalue weighted by molar-refractivity contribution is 0.410. The number of rotatable bonds is 2. The molecule has 0 amide bonds. The summed E-state index contributed by atoms with van der Waals surface area (Å²) in [4.78, 5) is 4.05. The normalized spacial score (nSPS) is 10.5. The zero-order valence-electron chi connectivity index (χ0n) is 10.4. The van der Waals surface area contributed by atoms with Crippen LogP contribution in [0, 0.1) is 25.5 Å². The minimum atomic E-state index is -0.465. The number of halogens is 2. The second-order valence-corrected chi connectivity index (χ2v) is 4.12. The van der Waals surface area contributed by atoms with Crippen molar-refractivity contribution >= 4 is 0 Å². The number of aryl methyl sites for hydroxylation is 2. The SMILES string of the molecule is COc1cc(F)cnc1-c1c(C)cc(F)cc1C. The molecule has 1 heterocycles. The standard InChI is InChI=1S/C14H13F2NO/c1-8-4-10(15)5-9(2)13(8)14-12(18-3)6-11(16)7-17-14/h4-7H,1-3H3. The monoisotopic (exact) mass is 249 g/mol. The minimum Gasteiger partial charge on any atom is -0.494 e. The Kier molecular flexibility index (Phi) is 3.28. The number of benzene rings is 1. The van der Waals surface area contributed by atoms with E-state index < -0.39 is 5.82 Å². The van der Waals surface area contributed by atoms with Gasteiger partial charge in [-0.1, -0.05) is 0 Å². The molecule has 0 aliphatic rings. The van der Waals surface area contributed by atoms with Crippen molar-refractivity contribution in [3.8, 4) is 17.0 Å². The molecule has 0 unspecified atom stereocenters. The average molecular weight is 249 g/mol. The first-order valence-electron chi connectivity index (χ1n) is 5.49. The second-order valence-electron chi connectivity index (χ2n) is 4.12. The van der Waals surface area contributed by atoms with Gasteiger partial charge in [0.15, 0.2) is 0 Å². The molecular weight excluding hydrogens is 236 g/mol. The van der Waals surface area contributed by atoms with Crippen LogP contribution in [-0.2, 0) is 0 Å². The molecule has 2 rings (SSSR count). The van der Waals surface area contributed by atoms with Crippen molar-refractivity contribution in [1.82, 2.24) is 4.98 Å². The van der Waals surface area contributed by atoms with Crippen molar-refractivity contribution in [1.29, 1.82) is 0 Å². The molecule has 0 bridgehead atoms. The molecule has 0 atom stereocenters. The summed E-state index contributed by atoms with van der Waals surface area (Å²) in [5.41, 5.74) is 2.77. The second kappa shape index (κ2) is 4.72. The lowest BCUT2D eigenvalue weighted by Crippen LogP contribution is -1.97. The van der Waals surface area contributed by atoms with E-state index in [1.165, 1.54) is 25.3 Å². The van der Waals surface area contributed by atoms with E-state index >= 15 is 0 Å². The summed E-state index contributed by atoms with van der Waals surface area (Å²) in [6.07, 6.45) is 1.13. The summed E-state index contributed by atoms with van der Waals surface area (Å²) in [7, 11) is 1.45. The maximum atomic E-state index is 13.3. The Labute approximate surface area is 104 Å². The Morgan fingerprint density at radius 1 is 1.00 bits per heavy atom. The summed E-state index contributed by atoms with van der Waals surface area (Å²) < 4.78 is 31.5. The lowest BCUT2D eigenvalue weighted by Gasteiger charge is -2.13. The first kappa shape index (κ1) is 12.5. The quantitative estimate of drug-likeness (QED) is 0.810. The van der Waals surface area contributed by atoms with Crippen molar-refractivity contribution in [3.63, 3.8) is 0 Å². The highest BCUT2D eigenvalue weighted by Gasteiger charge is 2.14. The number of aromatic nitrogens is 1. The van der Waals surface area contributed by atoms with Gasteiger partial charge in [0.1, 0.15) is 23.1 Å². The number of pyridine rings is 1. The molecule has 1 aromatic heterocycles. The summed E-state index contributed by atoms with van der Waals surface area (Å²) in [5, 5.41) is 0. The Morgan fingerprint density at radius 3 is 2.17 bits per heavy atom. The third-order valence-electron chi connectivity index (χ3n) is 2.77. The molecule has 18 heavy (non-hydrogen) atoms. The van der Waals surface area contributed by atoms with Gasteiger partial charge in [0.25, 0.3) is 0 Å². The average Bonchev–Trinajstić information content (AvgIpc) is 2.29. The predicted molar refractivity (Wildman–Crippen MR) is 65.6 cm³/mol. The van der Waals surface area contributed by atoms with Gasteiger partial charge in [-0.2, -0.15) is 0 Å². The van der Waals surface area contributed by atoms with E-state index in [2.05, 4.69) is 4.98 Å². The lowest BCUT2D eigenvalue weighted by atomic mass is 9.98. The molecule has 2 aromatic rings. The van der Waals surface area contributed by atoms with E-state index in [1.54, 1.807) is 13.8 Å². The van der Waals surface area contributed by atoms with Gasteiger partial charge in [-0.15, -0.1) is 0 Å². The summed E-state index contributed by atoms with van der Waals surface area (Å²) in [6.45, 7) is 3.58. The first-order valence-corrected chi connectivity index (χ1v) is 5.49. The van der Waals surface area contributed by atoms with Gasteiger partial charge in [-0.3, -0.25) is 0 Å². The van der Waals surface area contributed by atoms with Gasteiger partial charge < -0.3 is 4.74 Å². The maximum absolute atomic E-state index is 13.3. The molecule has 0 saturated carbocycles. The van der Waals surface area contributed by atoms with Crippen LogP contribution in [0.25, 0.3) is 11.3 Å². The van der Waals surface area contributed by atoms with Crippen molar-refractivity contribution in [2.75, 3.05) is 7.11 Å². The van der Waals surface area contributed by atoms with Crippen molar-refractivity contribution in [2.24, 2.45) is 0 Å². The van der Waals surface area contributed by atoms with Crippen LogP contribution in [0.4, 0.5) is 8.78 Å². The van der Waals surface area contributed by atoms with Gasteiger partial charge >= 0.3 is 0 Å². The van der Waals surface area contributed by atoms with Crippen LogP contribution in [0.1, 0.15) is 11.1 Å². The van der Waals surface area contributed by atoms with Crippen LogP contribution < -0.4 is 4.74 Å². The Bertz CT molecular complexity index is 573. The number of hydrogen-bond donors (Lipinski definition) is 0. The third kappa shape index (κ3) is 2.18. The summed E-state index contributed by atoms with van der Waals surface area (Å²) >= 11 is 0. The van der Waals surface area contributed by atoms with E-state index in [1.807, 2.05) is 0 Å². The molecule has 2 nitrogen and oxygen atoms in total. The molecule has 0 fully saturated rings. The van der Waals surface area contributed by atoms with Crippen LogP contribution in [0.2, 0.25) is 0 Å². The van der Waals surface area contributed by atoms with Gasteiger partial charge in [-0.25, -0.2) is 13.8 Å². The number of methoxy groups -OCH3 is 1. The van der Waals surface area contributed by atoms with Crippen LogP contribution in [-0.4, -0.2) is 12.1 Å². The van der Waals surface area contributed by atoms with E-state index in [9.17, 15) is 8.78 Å². The van der Waals surface area contributed by atoms with Crippen molar-refractivity contribution in [2.45, 2.75) is 13.8 Å². The maximum Gasteiger partial charge on any atom is 0.148 e. The van der Waals surface area contributed by atoms with E-state index in [0.717, 1.165) is 22.9 Å². The highest BCUT2D eigenvalue weighted by Crippen LogP contribution is 2.33. The zero-order chi connectivity index (χ0) is 13.3. The zero-order valence-corrected chi connectivity index (χ0v) is 10.4. The summed E-state index contributed by atoms with van der Waals surface area (Å²) in [5.74, 6) is -0.421. The molecule has 94 valence electrons. The Balaban J connectivity index is 2.69. The molecule has 0 spiro atoms. The third-order valence-corrected chi connectivity index (χ3v) is 2.77.